The highest BCUT2D eigenvalue weighted by Gasteiger charge is 2.03. The first-order chi connectivity index (χ1) is 7.08. The zero-order valence-corrected chi connectivity index (χ0v) is 9.09. The number of halogens is 1. The van der Waals surface area contributed by atoms with E-state index < -0.39 is 0 Å². The number of aryl methyl sites for hydroxylation is 1. The van der Waals surface area contributed by atoms with Crippen LogP contribution in [-0.4, -0.2) is 11.9 Å². The molecule has 1 unspecified atom stereocenters. The largest absolute Gasteiger partial charge is 0.354 e. The molecule has 2 nitrogen and oxygen atoms in total. The Bertz CT molecular complexity index is 321. The van der Waals surface area contributed by atoms with Crippen LogP contribution in [0.15, 0.2) is 24.3 Å². The summed E-state index contributed by atoms with van der Waals surface area (Å²) >= 11 is 0. The summed E-state index contributed by atoms with van der Waals surface area (Å²) in [5, 5.41) is 2.81. The van der Waals surface area contributed by atoms with Crippen molar-refractivity contribution < 1.29 is 9.18 Å². The van der Waals surface area contributed by atoms with E-state index in [-0.39, 0.29) is 17.8 Å². The Morgan fingerprint density at radius 1 is 1.40 bits per heavy atom. The maximum Gasteiger partial charge on any atom is 0.217 e. The van der Waals surface area contributed by atoms with E-state index in [2.05, 4.69) is 5.32 Å². The Kier molecular flexibility index (Phi) is 4.28. The third kappa shape index (κ3) is 4.58. The number of amides is 1. The van der Waals surface area contributed by atoms with Crippen LogP contribution in [0.5, 0.6) is 0 Å². The summed E-state index contributed by atoms with van der Waals surface area (Å²) in [6.07, 6.45) is 1.72. The minimum absolute atomic E-state index is 0.0124. The summed E-state index contributed by atoms with van der Waals surface area (Å²) in [6, 6.07) is 6.62. The third-order valence-corrected chi connectivity index (χ3v) is 2.23. The van der Waals surface area contributed by atoms with Gasteiger partial charge in [-0.2, -0.15) is 0 Å². The van der Waals surface area contributed by atoms with Gasteiger partial charge in [0.25, 0.3) is 0 Å². The lowest BCUT2D eigenvalue weighted by molar-refractivity contribution is -0.119. The second kappa shape index (κ2) is 5.49. The van der Waals surface area contributed by atoms with Gasteiger partial charge >= 0.3 is 0 Å². The number of carbonyl (C=O) groups is 1. The molecule has 0 bridgehead atoms. The fraction of sp³-hybridized carbons (Fsp3) is 0.417. The van der Waals surface area contributed by atoms with Crippen LogP contribution in [0.1, 0.15) is 25.8 Å². The van der Waals surface area contributed by atoms with Crippen LogP contribution in [0.25, 0.3) is 0 Å². The zero-order valence-electron chi connectivity index (χ0n) is 9.09. The first-order valence-corrected chi connectivity index (χ1v) is 5.09. The average Bonchev–Trinajstić information content (AvgIpc) is 2.16. The van der Waals surface area contributed by atoms with E-state index in [1.54, 1.807) is 12.1 Å². The minimum Gasteiger partial charge on any atom is -0.354 e. The maximum absolute atomic E-state index is 12.6. The molecule has 1 rings (SSSR count). The number of nitrogens with one attached hydrogen (secondary N) is 1. The van der Waals surface area contributed by atoms with E-state index in [9.17, 15) is 9.18 Å². The second-order valence-corrected chi connectivity index (χ2v) is 3.77. The molecule has 0 aliphatic rings. The Hall–Kier alpha value is -1.38. The smallest absolute Gasteiger partial charge is 0.217 e. The number of rotatable bonds is 4. The van der Waals surface area contributed by atoms with Gasteiger partial charge in [-0.3, -0.25) is 4.79 Å². The average molecular weight is 209 g/mol. The number of hydrogen-bond acceptors (Lipinski definition) is 1. The van der Waals surface area contributed by atoms with Crippen LogP contribution in [0, 0.1) is 5.82 Å². The quantitative estimate of drug-likeness (QED) is 0.809. The molecule has 0 radical (unpaired) electrons. The van der Waals surface area contributed by atoms with E-state index in [0.29, 0.717) is 0 Å². The van der Waals surface area contributed by atoms with Gasteiger partial charge in [0.1, 0.15) is 5.82 Å². The molecule has 15 heavy (non-hydrogen) atoms. The molecule has 3 heteroatoms. The molecule has 0 saturated heterocycles. The van der Waals surface area contributed by atoms with Crippen molar-refractivity contribution in [1.29, 1.82) is 0 Å². The van der Waals surface area contributed by atoms with Gasteiger partial charge in [-0.1, -0.05) is 12.1 Å². The van der Waals surface area contributed by atoms with Crippen molar-refractivity contribution in [3.8, 4) is 0 Å². The standard InChI is InChI=1S/C12H16FNO/c1-9(14-10(2)15)3-4-11-5-7-12(13)8-6-11/h5-9H,3-4H2,1-2H3,(H,14,15). The zero-order chi connectivity index (χ0) is 11.3. The van der Waals surface area contributed by atoms with Crippen molar-refractivity contribution in [2.45, 2.75) is 32.7 Å². The molecule has 1 atom stereocenters. The molecule has 1 N–H and O–H groups in total. The van der Waals surface area contributed by atoms with Gasteiger partial charge in [0.2, 0.25) is 5.91 Å². The van der Waals surface area contributed by atoms with Gasteiger partial charge in [0, 0.05) is 13.0 Å². The Balaban J connectivity index is 2.36. The molecule has 0 spiro atoms. The van der Waals surface area contributed by atoms with Gasteiger partial charge in [-0.15, -0.1) is 0 Å². The summed E-state index contributed by atoms with van der Waals surface area (Å²) in [5.74, 6) is -0.227. The molecule has 1 aromatic carbocycles. The second-order valence-electron chi connectivity index (χ2n) is 3.77. The fourth-order valence-corrected chi connectivity index (χ4v) is 1.45. The fourth-order valence-electron chi connectivity index (χ4n) is 1.45. The SMILES string of the molecule is CC(=O)NC(C)CCc1ccc(F)cc1. The van der Waals surface area contributed by atoms with Gasteiger partial charge in [-0.25, -0.2) is 4.39 Å². The molecule has 0 aromatic heterocycles. The summed E-state index contributed by atoms with van der Waals surface area (Å²) in [7, 11) is 0. The van der Waals surface area contributed by atoms with Crippen LogP contribution >= 0.6 is 0 Å². The number of hydrogen-bond donors (Lipinski definition) is 1. The summed E-state index contributed by atoms with van der Waals surface area (Å²) in [4.78, 5) is 10.7. The number of carbonyl (C=O) groups excluding carboxylic acids is 1. The van der Waals surface area contributed by atoms with Crippen molar-refractivity contribution in [2.24, 2.45) is 0 Å². The van der Waals surface area contributed by atoms with E-state index >= 15 is 0 Å². The predicted octanol–water partition coefficient (Wildman–Crippen LogP) is 2.28. The Labute approximate surface area is 89.5 Å². The molecule has 1 amide bonds. The van der Waals surface area contributed by atoms with Gasteiger partial charge < -0.3 is 5.32 Å². The molecule has 0 heterocycles. The van der Waals surface area contributed by atoms with E-state index in [1.807, 2.05) is 6.92 Å². The van der Waals surface area contributed by atoms with Crippen LogP contribution in [-0.2, 0) is 11.2 Å². The van der Waals surface area contributed by atoms with Crippen molar-refractivity contribution in [1.82, 2.24) is 5.32 Å². The first-order valence-electron chi connectivity index (χ1n) is 5.09. The molecule has 0 aliphatic carbocycles. The highest BCUT2D eigenvalue weighted by molar-refractivity contribution is 5.73. The summed E-state index contributed by atoms with van der Waals surface area (Å²) < 4.78 is 12.6. The number of benzene rings is 1. The van der Waals surface area contributed by atoms with Gasteiger partial charge in [0.05, 0.1) is 0 Å². The normalized spacial score (nSPS) is 12.2. The highest BCUT2D eigenvalue weighted by atomic mass is 19.1. The highest BCUT2D eigenvalue weighted by Crippen LogP contribution is 2.06. The molecule has 82 valence electrons. The summed E-state index contributed by atoms with van der Waals surface area (Å²) in [6.45, 7) is 3.47. The predicted molar refractivity (Wildman–Crippen MR) is 58.0 cm³/mol. The Morgan fingerprint density at radius 2 is 2.00 bits per heavy atom. The van der Waals surface area contributed by atoms with Crippen LogP contribution < -0.4 is 5.32 Å². The van der Waals surface area contributed by atoms with Crippen molar-refractivity contribution in [3.05, 3.63) is 35.6 Å². The van der Waals surface area contributed by atoms with Crippen LogP contribution in [0.4, 0.5) is 4.39 Å². The molecule has 0 aliphatic heterocycles. The summed E-state index contributed by atoms with van der Waals surface area (Å²) in [5.41, 5.74) is 1.09. The van der Waals surface area contributed by atoms with Crippen LogP contribution in [0.2, 0.25) is 0 Å². The van der Waals surface area contributed by atoms with E-state index in [0.717, 1.165) is 18.4 Å². The topological polar surface area (TPSA) is 29.1 Å². The minimum atomic E-state index is -0.214. The Morgan fingerprint density at radius 3 is 2.53 bits per heavy atom. The lowest BCUT2D eigenvalue weighted by Gasteiger charge is -2.11. The molecular weight excluding hydrogens is 193 g/mol. The van der Waals surface area contributed by atoms with E-state index in [4.69, 9.17) is 0 Å². The lowest BCUT2D eigenvalue weighted by Crippen LogP contribution is -2.30. The van der Waals surface area contributed by atoms with Crippen LogP contribution in [0.3, 0.4) is 0 Å². The maximum atomic E-state index is 12.6. The third-order valence-electron chi connectivity index (χ3n) is 2.23. The van der Waals surface area contributed by atoms with Crippen molar-refractivity contribution in [3.63, 3.8) is 0 Å². The first kappa shape index (κ1) is 11.7. The molecule has 1 aromatic rings. The molecular formula is C12H16FNO. The van der Waals surface area contributed by atoms with Crippen molar-refractivity contribution in [2.75, 3.05) is 0 Å². The van der Waals surface area contributed by atoms with Crippen molar-refractivity contribution >= 4 is 5.91 Å². The van der Waals surface area contributed by atoms with Gasteiger partial charge in [-0.05, 0) is 37.5 Å². The van der Waals surface area contributed by atoms with E-state index in [1.165, 1.54) is 19.1 Å². The molecule has 0 saturated carbocycles. The van der Waals surface area contributed by atoms with Gasteiger partial charge in [0.15, 0.2) is 0 Å². The monoisotopic (exact) mass is 209 g/mol. The molecule has 0 fully saturated rings. The lowest BCUT2D eigenvalue weighted by atomic mass is 10.1.